The summed E-state index contributed by atoms with van der Waals surface area (Å²) >= 11 is 0. The number of ketones is 1. The summed E-state index contributed by atoms with van der Waals surface area (Å²) in [6.07, 6.45) is 6.22. The summed E-state index contributed by atoms with van der Waals surface area (Å²) in [5.74, 6) is 0.256. The van der Waals surface area contributed by atoms with E-state index in [4.69, 9.17) is 0 Å². The van der Waals surface area contributed by atoms with Crippen LogP contribution >= 0.6 is 0 Å². The highest BCUT2D eigenvalue weighted by Crippen LogP contribution is 2.20. The second-order valence-corrected chi connectivity index (χ2v) is 4.34. The summed E-state index contributed by atoms with van der Waals surface area (Å²) in [5, 5.41) is 0. The van der Waals surface area contributed by atoms with E-state index in [0.29, 0.717) is 6.42 Å². The molecule has 12 heavy (non-hydrogen) atoms. The van der Waals surface area contributed by atoms with Gasteiger partial charge >= 0.3 is 0 Å². The van der Waals surface area contributed by atoms with Gasteiger partial charge in [-0.05, 0) is 24.3 Å². The molecule has 0 aromatic heterocycles. The molecule has 0 spiro atoms. The first-order valence-electron chi connectivity index (χ1n) is 4.65. The first-order valence-corrected chi connectivity index (χ1v) is 4.65. The molecule has 0 aromatic rings. The highest BCUT2D eigenvalue weighted by Gasteiger charge is 2.10. The second-order valence-electron chi connectivity index (χ2n) is 4.34. The van der Waals surface area contributed by atoms with Crippen LogP contribution in [-0.4, -0.2) is 5.78 Å². The third-order valence-electron chi connectivity index (χ3n) is 1.66. The van der Waals surface area contributed by atoms with E-state index < -0.39 is 0 Å². The molecular formula is C11H20O. The van der Waals surface area contributed by atoms with Gasteiger partial charge in [-0.1, -0.05) is 33.8 Å². The van der Waals surface area contributed by atoms with Crippen molar-refractivity contribution in [2.75, 3.05) is 0 Å². The number of carbonyl (C=O) groups excluding carboxylic acids is 1. The van der Waals surface area contributed by atoms with Crippen LogP contribution in [0.3, 0.4) is 0 Å². The molecule has 0 N–H and O–H groups in total. The lowest BCUT2D eigenvalue weighted by Gasteiger charge is -2.16. The summed E-state index contributed by atoms with van der Waals surface area (Å²) in [6.45, 7) is 8.50. The van der Waals surface area contributed by atoms with Gasteiger partial charge in [0.1, 0.15) is 0 Å². The zero-order valence-corrected chi connectivity index (χ0v) is 8.68. The third-order valence-corrected chi connectivity index (χ3v) is 1.66. The smallest absolute Gasteiger partial charge is 0.155 e. The van der Waals surface area contributed by atoms with E-state index in [1.807, 2.05) is 13.0 Å². The van der Waals surface area contributed by atoms with Gasteiger partial charge in [0.15, 0.2) is 5.78 Å². The van der Waals surface area contributed by atoms with Crippen LogP contribution < -0.4 is 0 Å². The summed E-state index contributed by atoms with van der Waals surface area (Å²) in [7, 11) is 0. The van der Waals surface area contributed by atoms with Crippen LogP contribution in [0.15, 0.2) is 12.2 Å². The van der Waals surface area contributed by atoms with E-state index in [1.54, 1.807) is 6.08 Å². The van der Waals surface area contributed by atoms with Gasteiger partial charge in [-0.25, -0.2) is 0 Å². The molecule has 0 heterocycles. The molecule has 0 aliphatic heterocycles. The number of hydrogen-bond donors (Lipinski definition) is 0. The Balaban J connectivity index is 3.65. The van der Waals surface area contributed by atoms with Gasteiger partial charge in [-0.2, -0.15) is 0 Å². The maximum absolute atomic E-state index is 11.2. The zero-order chi connectivity index (χ0) is 9.61. The van der Waals surface area contributed by atoms with Crippen molar-refractivity contribution in [3.05, 3.63) is 12.2 Å². The fraction of sp³-hybridized carbons (Fsp3) is 0.727. The Morgan fingerprint density at radius 3 is 2.33 bits per heavy atom. The van der Waals surface area contributed by atoms with Crippen LogP contribution in [0.5, 0.6) is 0 Å². The maximum Gasteiger partial charge on any atom is 0.155 e. The van der Waals surface area contributed by atoms with E-state index in [2.05, 4.69) is 20.8 Å². The Hall–Kier alpha value is -0.590. The summed E-state index contributed by atoms with van der Waals surface area (Å²) in [5.41, 5.74) is 0.274. The maximum atomic E-state index is 11.2. The minimum Gasteiger partial charge on any atom is -0.295 e. The molecular weight excluding hydrogens is 148 g/mol. The molecule has 0 aliphatic carbocycles. The van der Waals surface area contributed by atoms with Gasteiger partial charge < -0.3 is 0 Å². The van der Waals surface area contributed by atoms with E-state index in [1.165, 1.54) is 0 Å². The number of rotatable bonds is 4. The van der Waals surface area contributed by atoms with E-state index in [-0.39, 0.29) is 11.2 Å². The minimum absolute atomic E-state index is 0.256. The lowest BCUT2D eigenvalue weighted by Crippen LogP contribution is -2.07. The van der Waals surface area contributed by atoms with Crippen molar-refractivity contribution in [3.8, 4) is 0 Å². The number of hydrogen-bond acceptors (Lipinski definition) is 1. The Bertz CT molecular complexity index is 160. The normalized spacial score (nSPS) is 12.3. The first-order chi connectivity index (χ1) is 5.45. The average Bonchev–Trinajstić information content (AvgIpc) is 1.95. The van der Waals surface area contributed by atoms with Gasteiger partial charge in [0, 0.05) is 6.42 Å². The predicted molar refractivity (Wildman–Crippen MR) is 53.1 cm³/mol. The Labute approximate surface area is 75.9 Å². The van der Waals surface area contributed by atoms with Crippen LogP contribution in [0.25, 0.3) is 0 Å². The topological polar surface area (TPSA) is 17.1 Å². The fourth-order valence-electron chi connectivity index (χ4n) is 0.831. The van der Waals surface area contributed by atoms with Crippen molar-refractivity contribution in [2.45, 2.75) is 47.0 Å². The molecule has 1 nitrogen and oxygen atoms in total. The molecule has 0 bridgehead atoms. The van der Waals surface area contributed by atoms with Gasteiger partial charge in [0.05, 0.1) is 0 Å². The Morgan fingerprint density at radius 1 is 1.33 bits per heavy atom. The molecule has 0 atom stereocenters. The summed E-state index contributed by atoms with van der Waals surface area (Å²) < 4.78 is 0. The minimum atomic E-state index is 0.256. The van der Waals surface area contributed by atoms with Crippen LogP contribution in [0.2, 0.25) is 0 Å². The molecule has 0 aromatic carbocycles. The molecule has 1 heteroatoms. The molecule has 0 rings (SSSR count). The molecule has 70 valence electrons. The van der Waals surface area contributed by atoms with Crippen molar-refractivity contribution in [2.24, 2.45) is 5.41 Å². The Morgan fingerprint density at radius 2 is 1.92 bits per heavy atom. The van der Waals surface area contributed by atoms with Crippen molar-refractivity contribution < 1.29 is 4.79 Å². The monoisotopic (exact) mass is 168 g/mol. The Kier molecular flexibility index (Phi) is 4.87. The van der Waals surface area contributed by atoms with Crippen molar-refractivity contribution in [1.29, 1.82) is 0 Å². The fourth-order valence-corrected chi connectivity index (χ4v) is 0.831. The van der Waals surface area contributed by atoms with Crippen LogP contribution in [0, 0.1) is 5.41 Å². The molecule has 0 saturated carbocycles. The molecule has 0 fully saturated rings. The van der Waals surface area contributed by atoms with Gasteiger partial charge in [0.2, 0.25) is 0 Å². The zero-order valence-electron chi connectivity index (χ0n) is 8.68. The van der Waals surface area contributed by atoms with Crippen LogP contribution in [0.1, 0.15) is 47.0 Å². The van der Waals surface area contributed by atoms with Gasteiger partial charge in [-0.15, -0.1) is 0 Å². The highest BCUT2D eigenvalue weighted by atomic mass is 16.1. The number of allylic oxidation sites excluding steroid dienone is 2. The van der Waals surface area contributed by atoms with Crippen LogP contribution in [-0.2, 0) is 4.79 Å². The van der Waals surface area contributed by atoms with Crippen molar-refractivity contribution in [3.63, 3.8) is 0 Å². The average molecular weight is 168 g/mol. The van der Waals surface area contributed by atoms with E-state index in [0.717, 1.165) is 12.8 Å². The lowest BCUT2D eigenvalue weighted by molar-refractivity contribution is -0.115. The highest BCUT2D eigenvalue weighted by molar-refractivity contribution is 5.89. The molecule has 0 saturated heterocycles. The largest absolute Gasteiger partial charge is 0.295 e. The van der Waals surface area contributed by atoms with Crippen LogP contribution in [0.4, 0.5) is 0 Å². The lowest BCUT2D eigenvalue weighted by atomic mass is 9.89. The molecule has 0 radical (unpaired) electrons. The summed E-state index contributed by atoms with van der Waals surface area (Å²) in [6, 6.07) is 0. The summed E-state index contributed by atoms with van der Waals surface area (Å²) in [4.78, 5) is 11.2. The van der Waals surface area contributed by atoms with E-state index in [9.17, 15) is 4.79 Å². The molecule has 0 amide bonds. The molecule has 0 aliphatic rings. The van der Waals surface area contributed by atoms with Crippen molar-refractivity contribution >= 4 is 5.78 Å². The SMILES string of the molecule is CCC=CC(=O)CCC(C)(C)C. The predicted octanol–water partition coefficient (Wildman–Crippen LogP) is 3.35. The first kappa shape index (κ1) is 11.4. The quantitative estimate of drug-likeness (QED) is 0.588. The second kappa shape index (κ2) is 5.13. The number of carbonyl (C=O) groups is 1. The van der Waals surface area contributed by atoms with E-state index >= 15 is 0 Å². The van der Waals surface area contributed by atoms with Gasteiger partial charge in [0.25, 0.3) is 0 Å². The third kappa shape index (κ3) is 7.52. The van der Waals surface area contributed by atoms with Crippen molar-refractivity contribution in [1.82, 2.24) is 0 Å². The van der Waals surface area contributed by atoms with Gasteiger partial charge in [-0.3, -0.25) is 4.79 Å². The molecule has 0 unspecified atom stereocenters. The standard InChI is InChI=1S/C11H20O/c1-5-6-7-10(12)8-9-11(2,3)4/h6-7H,5,8-9H2,1-4H3.